The van der Waals surface area contributed by atoms with Crippen LogP contribution >= 0.6 is 0 Å². The van der Waals surface area contributed by atoms with Crippen molar-refractivity contribution in [2.45, 2.75) is 57.8 Å². The first-order valence-electron chi connectivity index (χ1n) is 11.1. The van der Waals surface area contributed by atoms with Crippen LogP contribution in [-0.4, -0.2) is 21.7 Å². The van der Waals surface area contributed by atoms with Gasteiger partial charge in [-0.2, -0.15) is 5.10 Å². The number of carbonyl (C=O) groups excluding carboxylic acids is 1. The van der Waals surface area contributed by atoms with Gasteiger partial charge in [-0.25, -0.2) is 4.39 Å². The summed E-state index contributed by atoms with van der Waals surface area (Å²) in [6.07, 6.45) is 7.92. The van der Waals surface area contributed by atoms with E-state index in [-0.39, 0.29) is 11.7 Å². The van der Waals surface area contributed by atoms with Crippen molar-refractivity contribution in [2.24, 2.45) is 0 Å². The third-order valence-corrected chi connectivity index (χ3v) is 6.30. The van der Waals surface area contributed by atoms with Crippen LogP contribution < -0.4 is 10.2 Å². The van der Waals surface area contributed by atoms with Crippen LogP contribution in [0.1, 0.15) is 59.3 Å². The minimum atomic E-state index is -0.225. The number of nitrogens with zero attached hydrogens (tertiary/aromatic N) is 3. The van der Waals surface area contributed by atoms with Crippen LogP contribution in [-0.2, 0) is 19.6 Å². The van der Waals surface area contributed by atoms with Crippen LogP contribution in [0.25, 0.3) is 0 Å². The van der Waals surface area contributed by atoms with E-state index in [1.807, 2.05) is 22.9 Å². The summed E-state index contributed by atoms with van der Waals surface area (Å²) in [5, 5.41) is 7.92. The molecule has 1 aliphatic carbocycles. The summed E-state index contributed by atoms with van der Waals surface area (Å²) in [6, 6.07) is 14.7. The van der Waals surface area contributed by atoms with Crippen LogP contribution in [0.3, 0.4) is 0 Å². The molecule has 5 nitrogen and oxygen atoms in total. The molecule has 2 aromatic carbocycles. The Balaban J connectivity index is 1.23. The second-order valence-corrected chi connectivity index (χ2v) is 8.64. The molecule has 5 rings (SSSR count). The van der Waals surface area contributed by atoms with Gasteiger partial charge in [-0.15, -0.1) is 0 Å². The smallest absolute Gasteiger partial charge is 0.251 e. The number of halogens is 1. The average molecular weight is 419 g/mol. The maximum Gasteiger partial charge on any atom is 0.251 e. The summed E-state index contributed by atoms with van der Waals surface area (Å²) < 4.78 is 15.0. The highest BCUT2D eigenvalue weighted by Gasteiger charge is 2.24. The third-order valence-electron chi connectivity index (χ3n) is 6.30. The largest absolute Gasteiger partial charge is 0.361 e. The van der Waals surface area contributed by atoms with Gasteiger partial charge in [0.2, 0.25) is 0 Å². The number of anilines is 1. The second kappa shape index (κ2) is 8.53. The van der Waals surface area contributed by atoms with Crippen LogP contribution in [0, 0.1) is 5.82 Å². The zero-order chi connectivity index (χ0) is 21.2. The van der Waals surface area contributed by atoms with E-state index in [4.69, 9.17) is 5.10 Å². The standard InChI is InChI=1S/C25H27FN4O/c26-21-11-9-18(10-12-21)14-30-16-20-15-29(17-24(20)28-30)23-8-4-5-19(13-23)25(31)27-22-6-2-1-3-7-22/h4-5,8-13,16,22H,1-3,6-7,14-15,17H2,(H,27,31). The van der Waals surface area contributed by atoms with E-state index in [0.29, 0.717) is 18.2 Å². The van der Waals surface area contributed by atoms with Gasteiger partial charge in [0.05, 0.1) is 18.8 Å². The molecule has 1 aromatic heterocycles. The van der Waals surface area contributed by atoms with Gasteiger partial charge >= 0.3 is 0 Å². The highest BCUT2D eigenvalue weighted by molar-refractivity contribution is 5.95. The van der Waals surface area contributed by atoms with E-state index in [1.54, 1.807) is 12.1 Å². The number of fused-ring (bicyclic) bond motifs is 1. The molecule has 6 heteroatoms. The van der Waals surface area contributed by atoms with Crippen LogP contribution in [0.2, 0.25) is 0 Å². The zero-order valence-corrected chi connectivity index (χ0v) is 17.6. The Kier molecular flexibility index (Phi) is 5.45. The lowest BCUT2D eigenvalue weighted by molar-refractivity contribution is 0.0927. The Labute approximate surface area is 181 Å². The maximum atomic E-state index is 13.1. The normalized spacial score (nSPS) is 16.4. The Morgan fingerprint density at radius 3 is 2.65 bits per heavy atom. The van der Waals surface area contributed by atoms with Gasteiger partial charge < -0.3 is 10.2 Å². The molecule has 160 valence electrons. The first-order chi connectivity index (χ1) is 15.1. The van der Waals surface area contributed by atoms with E-state index in [9.17, 15) is 9.18 Å². The monoisotopic (exact) mass is 418 g/mol. The average Bonchev–Trinajstić information content (AvgIpc) is 3.35. The number of nitrogens with one attached hydrogen (secondary N) is 1. The third kappa shape index (κ3) is 4.48. The molecular weight excluding hydrogens is 391 g/mol. The lowest BCUT2D eigenvalue weighted by Crippen LogP contribution is -2.36. The molecule has 0 atom stereocenters. The van der Waals surface area contributed by atoms with E-state index in [0.717, 1.165) is 42.9 Å². The number of rotatable bonds is 5. The van der Waals surface area contributed by atoms with Crippen molar-refractivity contribution in [3.63, 3.8) is 0 Å². The van der Waals surface area contributed by atoms with Crippen LogP contribution in [0.4, 0.5) is 10.1 Å². The van der Waals surface area contributed by atoms with Gasteiger partial charge in [-0.3, -0.25) is 9.48 Å². The highest BCUT2D eigenvalue weighted by Crippen LogP contribution is 2.28. The Hall–Kier alpha value is -3.15. The minimum Gasteiger partial charge on any atom is -0.361 e. The summed E-state index contributed by atoms with van der Waals surface area (Å²) in [7, 11) is 0. The molecule has 0 unspecified atom stereocenters. The zero-order valence-electron chi connectivity index (χ0n) is 17.6. The molecule has 0 spiro atoms. The SMILES string of the molecule is O=C(NC1CCCCC1)c1cccc(N2Cc3cn(Cc4ccc(F)cc4)nc3C2)c1. The lowest BCUT2D eigenvalue weighted by atomic mass is 9.95. The molecule has 3 aromatic rings. The number of hydrogen-bond acceptors (Lipinski definition) is 3. The summed E-state index contributed by atoms with van der Waals surface area (Å²) in [5.74, 6) is -0.202. The van der Waals surface area contributed by atoms with E-state index < -0.39 is 0 Å². The van der Waals surface area contributed by atoms with Gasteiger partial charge in [-0.05, 0) is 48.7 Å². The molecule has 0 saturated heterocycles. The Morgan fingerprint density at radius 1 is 1.06 bits per heavy atom. The first-order valence-corrected chi connectivity index (χ1v) is 11.1. The predicted molar refractivity (Wildman–Crippen MR) is 118 cm³/mol. The van der Waals surface area contributed by atoms with Crippen molar-refractivity contribution in [1.29, 1.82) is 0 Å². The molecule has 2 heterocycles. The van der Waals surface area contributed by atoms with Gasteiger partial charge in [0.15, 0.2) is 0 Å². The quantitative estimate of drug-likeness (QED) is 0.656. The number of benzene rings is 2. The summed E-state index contributed by atoms with van der Waals surface area (Å²) >= 11 is 0. The first kappa shape index (κ1) is 19.8. The molecule has 1 saturated carbocycles. The van der Waals surface area contributed by atoms with Gasteiger partial charge in [0.25, 0.3) is 5.91 Å². The fourth-order valence-corrected chi connectivity index (χ4v) is 4.61. The van der Waals surface area contributed by atoms with Crippen molar-refractivity contribution in [3.05, 3.63) is 82.9 Å². The van der Waals surface area contributed by atoms with Gasteiger partial charge in [0.1, 0.15) is 5.82 Å². The molecule has 1 amide bonds. The van der Waals surface area contributed by atoms with Gasteiger partial charge in [0, 0.05) is 35.6 Å². The summed E-state index contributed by atoms with van der Waals surface area (Å²) in [5.41, 5.74) is 5.03. The van der Waals surface area contributed by atoms with Crippen molar-refractivity contribution in [2.75, 3.05) is 4.90 Å². The number of carbonyl (C=O) groups is 1. The fraction of sp³-hybridized carbons (Fsp3) is 0.360. The molecular formula is C25H27FN4O. The molecule has 1 fully saturated rings. The van der Waals surface area contributed by atoms with Crippen molar-refractivity contribution in [1.82, 2.24) is 15.1 Å². The molecule has 31 heavy (non-hydrogen) atoms. The summed E-state index contributed by atoms with van der Waals surface area (Å²) in [6.45, 7) is 2.12. The number of hydrogen-bond donors (Lipinski definition) is 1. The highest BCUT2D eigenvalue weighted by atomic mass is 19.1. The molecule has 0 radical (unpaired) electrons. The molecule has 0 bridgehead atoms. The van der Waals surface area contributed by atoms with Crippen LogP contribution in [0.15, 0.2) is 54.7 Å². The Morgan fingerprint density at radius 2 is 1.87 bits per heavy atom. The Bertz CT molecular complexity index is 1050. The van der Waals surface area contributed by atoms with Crippen LogP contribution in [0.5, 0.6) is 0 Å². The van der Waals surface area contributed by atoms with Crippen molar-refractivity contribution < 1.29 is 9.18 Å². The predicted octanol–water partition coefficient (Wildman–Crippen LogP) is 4.65. The molecule has 1 N–H and O–H groups in total. The minimum absolute atomic E-state index is 0.0233. The number of aromatic nitrogens is 2. The van der Waals surface area contributed by atoms with Crippen molar-refractivity contribution >= 4 is 11.6 Å². The lowest BCUT2D eigenvalue weighted by Gasteiger charge is -2.23. The van der Waals surface area contributed by atoms with Crippen molar-refractivity contribution in [3.8, 4) is 0 Å². The summed E-state index contributed by atoms with van der Waals surface area (Å²) in [4.78, 5) is 15.0. The van der Waals surface area contributed by atoms with E-state index in [2.05, 4.69) is 22.5 Å². The molecule has 1 aliphatic heterocycles. The van der Waals surface area contributed by atoms with E-state index in [1.165, 1.54) is 37.0 Å². The number of amides is 1. The second-order valence-electron chi connectivity index (χ2n) is 8.64. The fourth-order valence-electron chi connectivity index (χ4n) is 4.61. The maximum absolute atomic E-state index is 13.1. The topological polar surface area (TPSA) is 50.2 Å². The van der Waals surface area contributed by atoms with Gasteiger partial charge in [-0.1, -0.05) is 37.5 Å². The molecule has 2 aliphatic rings. The van der Waals surface area contributed by atoms with E-state index >= 15 is 0 Å².